The number of morpholine rings is 1. The van der Waals surface area contributed by atoms with Gasteiger partial charge in [0.15, 0.2) is 16.3 Å². The minimum Gasteiger partial charge on any atom is -0.493 e. The lowest BCUT2D eigenvalue weighted by atomic mass is 10.1. The number of thiazole rings is 1. The van der Waals surface area contributed by atoms with Crippen molar-refractivity contribution in [2.75, 3.05) is 47.1 Å². The van der Waals surface area contributed by atoms with E-state index < -0.39 is 0 Å². The van der Waals surface area contributed by atoms with Crippen molar-refractivity contribution in [1.29, 1.82) is 0 Å². The van der Waals surface area contributed by atoms with Crippen molar-refractivity contribution in [2.24, 2.45) is 4.99 Å². The minimum atomic E-state index is 0.725. The molecule has 0 saturated carbocycles. The van der Waals surface area contributed by atoms with E-state index in [1.165, 1.54) is 5.56 Å². The Bertz CT molecular complexity index is 1070. The summed E-state index contributed by atoms with van der Waals surface area (Å²) >= 11 is 1.66. The second-order valence-electron chi connectivity index (χ2n) is 7.53. The number of hydrogen-bond donors (Lipinski definition) is 0. The van der Waals surface area contributed by atoms with Gasteiger partial charge in [-0.25, -0.2) is 4.99 Å². The van der Waals surface area contributed by atoms with E-state index in [2.05, 4.69) is 52.1 Å². The van der Waals surface area contributed by atoms with Crippen molar-refractivity contribution in [3.63, 3.8) is 0 Å². The number of benzene rings is 2. The fraction of sp³-hybridized carbons (Fsp3) is 0.375. The Balaban J connectivity index is 1.72. The van der Waals surface area contributed by atoms with E-state index in [0.29, 0.717) is 0 Å². The Morgan fingerprint density at radius 3 is 2.42 bits per heavy atom. The van der Waals surface area contributed by atoms with Crippen LogP contribution in [0.25, 0.3) is 11.3 Å². The SMILES string of the molecule is COc1ccc(-c2csc(=Nc3ccc(C)cc3)n2CCN2CCOCC2)cc1OC. The van der Waals surface area contributed by atoms with Crippen LogP contribution in [-0.2, 0) is 11.3 Å². The van der Waals surface area contributed by atoms with E-state index in [0.717, 1.165) is 72.6 Å². The number of nitrogens with zero attached hydrogens (tertiary/aromatic N) is 3. The van der Waals surface area contributed by atoms with E-state index in [-0.39, 0.29) is 0 Å². The fourth-order valence-corrected chi connectivity index (χ4v) is 4.61. The topological polar surface area (TPSA) is 48.2 Å². The smallest absolute Gasteiger partial charge is 0.190 e. The average Bonchev–Trinajstić information content (AvgIpc) is 3.21. The predicted octanol–water partition coefficient (Wildman–Crippen LogP) is 4.11. The highest BCUT2D eigenvalue weighted by Crippen LogP contribution is 2.32. The molecule has 6 nitrogen and oxygen atoms in total. The zero-order valence-corrected chi connectivity index (χ0v) is 19.2. The third-order valence-corrected chi connectivity index (χ3v) is 6.34. The van der Waals surface area contributed by atoms with Crippen LogP contribution in [-0.4, -0.2) is 56.5 Å². The monoisotopic (exact) mass is 439 g/mol. The summed E-state index contributed by atoms with van der Waals surface area (Å²) in [5.41, 5.74) is 4.41. The van der Waals surface area contributed by atoms with Crippen molar-refractivity contribution in [1.82, 2.24) is 9.47 Å². The molecule has 0 radical (unpaired) electrons. The summed E-state index contributed by atoms with van der Waals surface area (Å²) in [6.07, 6.45) is 0. The van der Waals surface area contributed by atoms with Gasteiger partial charge < -0.3 is 18.8 Å². The van der Waals surface area contributed by atoms with Crippen LogP contribution in [0.1, 0.15) is 5.56 Å². The average molecular weight is 440 g/mol. The van der Waals surface area contributed by atoms with E-state index in [4.69, 9.17) is 19.2 Å². The van der Waals surface area contributed by atoms with Crippen LogP contribution in [0.3, 0.4) is 0 Å². The lowest BCUT2D eigenvalue weighted by molar-refractivity contribution is 0.0363. The molecule has 1 aliphatic heterocycles. The first kappa shape index (κ1) is 21.6. The molecule has 4 rings (SSSR count). The van der Waals surface area contributed by atoms with Crippen molar-refractivity contribution in [2.45, 2.75) is 13.5 Å². The van der Waals surface area contributed by atoms with Crippen molar-refractivity contribution in [3.8, 4) is 22.8 Å². The lowest BCUT2D eigenvalue weighted by Gasteiger charge is -2.26. The number of aromatic nitrogens is 1. The first-order valence-electron chi connectivity index (χ1n) is 10.5. The van der Waals surface area contributed by atoms with Crippen LogP contribution in [0.15, 0.2) is 52.8 Å². The molecule has 2 heterocycles. The molecule has 1 aliphatic rings. The molecule has 164 valence electrons. The highest BCUT2D eigenvalue weighted by molar-refractivity contribution is 7.07. The van der Waals surface area contributed by atoms with E-state index >= 15 is 0 Å². The Morgan fingerprint density at radius 1 is 0.968 bits per heavy atom. The Hall–Kier alpha value is -2.61. The van der Waals surface area contributed by atoms with Gasteiger partial charge >= 0.3 is 0 Å². The summed E-state index contributed by atoms with van der Waals surface area (Å²) in [4.78, 5) is 8.39. The minimum absolute atomic E-state index is 0.725. The summed E-state index contributed by atoms with van der Waals surface area (Å²) in [5.74, 6) is 1.45. The third-order valence-electron chi connectivity index (χ3n) is 5.48. The maximum absolute atomic E-state index is 5.53. The molecule has 3 aromatic rings. The Labute approximate surface area is 187 Å². The van der Waals surface area contributed by atoms with Crippen LogP contribution in [0, 0.1) is 6.92 Å². The van der Waals surface area contributed by atoms with Crippen LogP contribution in [0.5, 0.6) is 11.5 Å². The standard InChI is InChI=1S/C24H29N3O3S/c1-18-4-7-20(8-5-18)25-24-27(11-10-26-12-14-30-15-13-26)21(17-31-24)19-6-9-22(28-2)23(16-19)29-3/h4-9,16-17H,10-15H2,1-3H3. The molecule has 0 unspecified atom stereocenters. The quantitative estimate of drug-likeness (QED) is 0.556. The maximum atomic E-state index is 5.53. The van der Waals surface area contributed by atoms with Crippen molar-refractivity contribution >= 4 is 17.0 Å². The summed E-state index contributed by atoms with van der Waals surface area (Å²) in [6.45, 7) is 7.46. The normalized spacial score (nSPS) is 15.3. The molecule has 31 heavy (non-hydrogen) atoms. The molecule has 0 atom stereocenters. The Morgan fingerprint density at radius 2 is 1.71 bits per heavy atom. The molecule has 0 N–H and O–H groups in total. The largest absolute Gasteiger partial charge is 0.493 e. The van der Waals surface area contributed by atoms with Gasteiger partial charge in [-0.1, -0.05) is 17.7 Å². The zero-order valence-electron chi connectivity index (χ0n) is 18.3. The molecule has 1 saturated heterocycles. The predicted molar refractivity (Wildman–Crippen MR) is 125 cm³/mol. The van der Waals surface area contributed by atoms with Gasteiger partial charge in [0.2, 0.25) is 0 Å². The van der Waals surface area contributed by atoms with Gasteiger partial charge in [0.05, 0.1) is 38.8 Å². The van der Waals surface area contributed by atoms with Gasteiger partial charge in [0.1, 0.15) is 0 Å². The van der Waals surface area contributed by atoms with Gasteiger partial charge in [-0.3, -0.25) is 4.90 Å². The number of methoxy groups -OCH3 is 2. The van der Waals surface area contributed by atoms with E-state index in [9.17, 15) is 0 Å². The molecule has 7 heteroatoms. The van der Waals surface area contributed by atoms with Crippen molar-refractivity contribution in [3.05, 3.63) is 58.2 Å². The van der Waals surface area contributed by atoms with Gasteiger partial charge in [-0.05, 0) is 37.3 Å². The maximum Gasteiger partial charge on any atom is 0.190 e. The van der Waals surface area contributed by atoms with Crippen LogP contribution in [0.2, 0.25) is 0 Å². The van der Waals surface area contributed by atoms with E-state index in [1.54, 1.807) is 25.6 Å². The lowest BCUT2D eigenvalue weighted by Crippen LogP contribution is -2.39. The molecule has 0 spiro atoms. The molecule has 0 amide bonds. The second kappa shape index (κ2) is 10.1. The summed E-state index contributed by atoms with van der Waals surface area (Å²) in [5, 5.41) is 2.17. The summed E-state index contributed by atoms with van der Waals surface area (Å²) in [7, 11) is 3.32. The highest BCUT2D eigenvalue weighted by Gasteiger charge is 2.15. The number of ether oxygens (including phenoxy) is 3. The van der Waals surface area contributed by atoms with Crippen molar-refractivity contribution < 1.29 is 14.2 Å². The Kier molecular flexibility index (Phi) is 7.06. The van der Waals surface area contributed by atoms with Crippen LogP contribution in [0.4, 0.5) is 5.69 Å². The molecule has 1 aromatic heterocycles. The van der Waals surface area contributed by atoms with Gasteiger partial charge in [-0.15, -0.1) is 11.3 Å². The third kappa shape index (κ3) is 5.18. The van der Waals surface area contributed by atoms with Gasteiger partial charge in [0.25, 0.3) is 0 Å². The molecule has 0 aliphatic carbocycles. The molecule has 1 fully saturated rings. The highest BCUT2D eigenvalue weighted by atomic mass is 32.1. The van der Waals surface area contributed by atoms with Gasteiger partial charge in [0, 0.05) is 37.1 Å². The zero-order chi connectivity index (χ0) is 21.6. The van der Waals surface area contributed by atoms with Crippen LogP contribution < -0.4 is 14.3 Å². The van der Waals surface area contributed by atoms with Crippen LogP contribution >= 0.6 is 11.3 Å². The first-order valence-corrected chi connectivity index (χ1v) is 11.4. The molecule has 2 aromatic carbocycles. The second-order valence-corrected chi connectivity index (χ2v) is 8.36. The summed E-state index contributed by atoms with van der Waals surface area (Å²) < 4.78 is 18.7. The number of hydrogen-bond acceptors (Lipinski definition) is 6. The van der Waals surface area contributed by atoms with E-state index in [1.807, 2.05) is 12.1 Å². The number of rotatable bonds is 7. The van der Waals surface area contributed by atoms with Gasteiger partial charge in [-0.2, -0.15) is 0 Å². The first-order chi connectivity index (χ1) is 15.2. The molecular weight excluding hydrogens is 410 g/mol. The number of aryl methyl sites for hydroxylation is 1. The molecular formula is C24H29N3O3S. The molecule has 0 bridgehead atoms. The fourth-order valence-electron chi connectivity index (χ4n) is 3.66. The summed E-state index contributed by atoms with van der Waals surface area (Å²) in [6, 6.07) is 14.4.